The van der Waals surface area contributed by atoms with Crippen molar-refractivity contribution in [3.05, 3.63) is 47.0 Å². The summed E-state index contributed by atoms with van der Waals surface area (Å²) in [5.41, 5.74) is -1.21. The van der Waals surface area contributed by atoms with Crippen LogP contribution in [0.25, 0.3) is 0 Å². The Morgan fingerprint density at radius 3 is 2.11 bits per heavy atom. The van der Waals surface area contributed by atoms with Gasteiger partial charge in [0.15, 0.2) is 0 Å². The Kier molecular flexibility index (Phi) is 6.79. The lowest BCUT2D eigenvalue weighted by Gasteiger charge is -2.34. The molecule has 5 aliphatic rings. The summed E-state index contributed by atoms with van der Waals surface area (Å²) in [6.07, 6.45) is 14.4. The first-order valence-electron chi connectivity index (χ1n) is 14.4. The minimum Gasteiger partial charge on any atom is -0.356 e. The standard InChI is InChI=1S/C30H38ClN3O4/c1-29-16-17-30(38-29)24(23(29)26(35)32-21-8-4-2-5-9-21)28(37)34(18-19-12-14-20(31)15-13-19)25(30)27(36)33-22-10-6-3-7-11-22/h12-17,21-25H,2-11,18H2,1H3,(H,32,35)(H,33,36)/t23-,24+,25-,29-,30-/m1/s1. The third-order valence-electron chi connectivity index (χ3n) is 9.50. The molecule has 2 saturated heterocycles. The normalized spacial score (nSPS) is 34.9. The van der Waals surface area contributed by atoms with Crippen LogP contribution in [-0.2, 0) is 25.7 Å². The molecule has 4 fully saturated rings. The van der Waals surface area contributed by atoms with Crippen molar-refractivity contribution < 1.29 is 19.1 Å². The second-order valence-electron chi connectivity index (χ2n) is 12.1. The van der Waals surface area contributed by atoms with Crippen LogP contribution in [0.2, 0.25) is 5.02 Å². The highest BCUT2D eigenvalue weighted by molar-refractivity contribution is 6.30. The Hall–Kier alpha value is -2.38. The number of nitrogens with zero attached hydrogens (tertiary/aromatic N) is 1. The molecule has 2 saturated carbocycles. The second-order valence-corrected chi connectivity index (χ2v) is 12.5. The fourth-order valence-electron chi connectivity index (χ4n) is 7.65. The first-order valence-corrected chi connectivity index (χ1v) is 14.7. The molecule has 2 bridgehead atoms. The van der Waals surface area contributed by atoms with Crippen LogP contribution in [-0.4, -0.2) is 51.9 Å². The maximum atomic E-state index is 14.2. The van der Waals surface area contributed by atoms with Gasteiger partial charge in [-0.15, -0.1) is 0 Å². The number of carbonyl (C=O) groups excluding carboxylic acids is 3. The van der Waals surface area contributed by atoms with E-state index in [-0.39, 0.29) is 36.3 Å². The van der Waals surface area contributed by atoms with E-state index in [0.717, 1.165) is 56.9 Å². The van der Waals surface area contributed by atoms with Gasteiger partial charge in [0.1, 0.15) is 11.6 Å². The fraction of sp³-hybridized carbons (Fsp3) is 0.633. The largest absolute Gasteiger partial charge is 0.356 e. The van der Waals surface area contributed by atoms with E-state index in [0.29, 0.717) is 5.02 Å². The van der Waals surface area contributed by atoms with Crippen LogP contribution < -0.4 is 10.6 Å². The van der Waals surface area contributed by atoms with Crippen molar-refractivity contribution in [2.75, 3.05) is 0 Å². The van der Waals surface area contributed by atoms with E-state index in [1.54, 1.807) is 17.0 Å². The molecule has 1 spiro atoms. The molecule has 5 atom stereocenters. The van der Waals surface area contributed by atoms with Crippen molar-refractivity contribution >= 4 is 29.3 Å². The number of halogens is 1. The van der Waals surface area contributed by atoms with Crippen LogP contribution >= 0.6 is 11.6 Å². The van der Waals surface area contributed by atoms with Crippen molar-refractivity contribution in [3.63, 3.8) is 0 Å². The fourth-order valence-corrected chi connectivity index (χ4v) is 7.78. The van der Waals surface area contributed by atoms with Gasteiger partial charge in [-0.05, 0) is 50.3 Å². The number of likely N-dealkylation sites (tertiary alicyclic amines) is 1. The summed E-state index contributed by atoms with van der Waals surface area (Å²) < 4.78 is 6.66. The molecule has 3 heterocycles. The molecule has 0 radical (unpaired) electrons. The average molecular weight is 540 g/mol. The van der Waals surface area contributed by atoms with Crippen molar-refractivity contribution in [2.45, 2.75) is 107 Å². The lowest BCUT2D eigenvalue weighted by molar-refractivity contribution is -0.146. The van der Waals surface area contributed by atoms with Gasteiger partial charge in [-0.3, -0.25) is 14.4 Å². The molecule has 2 N–H and O–H groups in total. The van der Waals surface area contributed by atoms with Crippen molar-refractivity contribution in [1.29, 1.82) is 0 Å². The number of rotatable bonds is 6. The first-order chi connectivity index (χ1) is 18.3. The topological polar surface area (TPSA) is 87.7 Å². The summed E-state index contributed by atoms with van der Waals surface area (Å²) in [6, 6.07) is 6.71. The predicted molar refractivity (Wildman–Crippen MR) is 144 cm³/mol. The molecule has 3 aliphatic heterocycles. The molecule has 8 heteroatoms. The number of benzene rings is 1. The van der Waals surface area contributed by atoms with Crippen molar-refractivity contribution in [1.82, 2.24) is 15.5 Å². The van der Waals surface area contributed by atoms with E-state index in [4.69, 9.17) is 16.3 Å². The summed E-state index contributed by atoms with van der Waals surface area (Å²) in [4.78, 5) is 43.6. The van der Waals surface area contributed by atoms with Gasteiger partial charge < -0.3 is 20.3 Å². The van der Waals surface area contributed by atoms with Gasteiger partial charge in [0.2, 0.25) is 17.7 Å². The van der Waals surface area contributed by atoms with Crippen molar-refractivity contribution in [2.24, 2.45) is 11.8 Å². The SMILES string of the molecule is C[C@]12C=C[C@@]3(O1)[C@H](C(=O)N(Cc1ccc(Cl)cc1)[C@@H]3C(=O)NC1CCCCC1)[C@@H]2C(=O)NC1CCCCC1. The molecular formula is C30H38ClN3O4. The lowest BCUT2D eigenvalue weighted by Crippen LogP contribution is -2.56. The van der Waals surface area contributed by atoms with Crippen molar-refractivity contribution in [3.8, 4) is 0 Å². The number of ether oxygens (including phenoxy) is 1. The van der Waals surface area contributed by atoms with Crippen LogP contribution in [0, 0.1) is 11.8 Å². The van der Waals surface area contributed by atoms with Crippen LogP contribution in [0.15, 0.2) is 36.4 Å². The maximum absolute atomic E-state index is 14.2. The number of nitrogens with one attached hydrogen (secondary N) is 2. The molecule has 2 aliphatic carbocycles. The highest BCUT2D eigenvalue weighted by Crippen LogP contribution is 2.60. The summed E-state index contributed by atoms with van der Waals surface area (Å²) >= 11 is 6.10. The summed E-state index contributed by atoms with van der Waals surface area (Å²) in [5, 5.41) is 7.10. The van der Waals surface area contributed by atoms with Gasteiger partial charge in [-0.1, -0.05) is 74.4 Å². The second kappa shape index (κ2) is 9.98. The van der Waals surface area contributed by atoms with Crippen LogP contribution in [0.4, 0.5) is 0 Å². The van der Waals surface area contributed by atoms with E-state index >= 15 is 0 Å². The Morgan fingerprint density at radius 2 is 1.50 bits per heavy atom. The number of hydrogen-bond acceptors (Lipinski definition) is 4. The molecule has 0 aromatic heterocycles. The molecule has 6 rings (SSSR count). The van der Waals surface area contributed by atoms with Gasteiger partial charge in [-0.2, -0.15) is 0 Å². The Bertz CT molecular complexity index is 1130. The minimum absolute atomic E-state index is 0.0998. The zero-order valence-corrected chi connectivity index (χ0v) is 22.8. The van der Waals surface area contributed by atoms with Crippen LogP contribution in [0.5, 0.6) is 0 Å². The van der Waals surface area contributed by atoms with Gasteiger partial charge in [0.25, 0.3) is 0 Å². The molecule has 3 amide bonds. The molecule has 38 heavy (non-hydrogen) atoms. The molecule has 204 valence electrons. The molecule has 1 aromatic rings. The summed E-state index contributed by atoms with van der Waals surface area (Å²) in [6.45, 7) is 2.14. The van der Waals surface area contributed by atoms with E-state index in [1.165, 1.54) is 12.8 Å². The highest BCUT2D eigenvalue weighted by atomic mass is 35.5. The van der Waals surface area contributed by atoms with Crippen LogP contribution in [0.1, 0.15) is 76.7 Å². The Balaban J connectivity index is 1.33. The van der Waals surface area contributed by atoms with E-state index in [1.807, 2.05) is 31.2 Å². The number of carbonyl (C=O) groups is 3. The minimum atomic E-state index is -1.16. The predicted octanol–water partition coefficient (Wildman–Crippen LogP) is 4.28. The van der Waals surface area contributed by atoms with E-state index < -0.39 is 29.1 Å². The molecule has 7 nitrogen and oxygen atoms in total. The van der Waals surface area contributed by atoms with E-state index in [9.17, 15) is 14.4 Å². The number of amides is 3. The monoisotopic (exact) mass is 539 g/mol. The molecular weight excluding hydrogens is 502 g/mol. The summed E-state index contributed by atoms with van der Waals surface area (Å²) in [5.74, 6) is -1.94. The zero-order valence-electron chi connectivity index (χ0n) is 22.1. The summed E-state index contributed by atoms with van der Waals surface area (Å²) in [7, 11) is 0. The zero-order chi connectivity index (χ0) is 26.5. The lowest BCUT2D eigenvalue weighted by atomic mass is 9.70. The average Bonchev–Trinajstić information content (AvgIpc) is 3.47. The third-order valence-corrected chi connectivity index (χ3v) is 9.75. The van der Waals surface area contributed by atoms with Gasteiger partial charge in [0.05, 0.1) is 17.4 Å². The Labute approximate surface area is 229 Å². The molecule has 1 aromatic carbocycles. The number of hydrogen-bond donors (Lipinski definition) is 2. The maximum Gasteiger partial charge on any atom is 0.246 e. The van der Waals surface area contributed by atoms with Gasteiger partial charge in [-0.25, -0.2) is 0 Å². The quantitative estimate of drug-likeness (QED) is 0.528. The van der Waals surface area contributed by atoms with Gasteiger partial charge in [0, 0.05) is 23.7 Å². The smallest absolute Gasteiger partial charge is 0.246 e. The first kappa shape index (κ1) is 25.9. The molecule has 0 unspecified atom stereocenters. The van der Waals surface area contributed by atoms with Gasteiger partial charge >= 0.3 is 0 Å². The van der Waals surface area contributed by atoms with E-state index in [2.05, 4.69) is 10.6 Å². The highest BCUT2D eigenvalue weighted by Gasteiger charge is 2.76. The number of fused-ring (bicyclic) bond motifs is 1. The van der Waals surface area contributed by atoms with Crippen LogP contribution in [0.3, 0.4) is 0 Å². The third kappa shape index (κ3) is 4.36. The Morgan fingerprint density at radius 1 is 0.921 bits per heavy atom.